The molecule has 0 aliphatic carbocycles. The van der Waals surface area contributed by atoms with Gasteiger partial charge in [0.25, 0.3) is 5.79 Å². The summed E-state index contributed by atoms with van der Waals surface area (Å²) >= 11 is 0. The highest BCUT2D eigenvalue weighted by molar-refractivity contribution is 7.10. The predicted molar refractivity (Wildman–Crippen MR) is 95.7 cm³/mol. The van der Waals surface area contributed by atoms with Crippen LogP contribution in [0.3, 0.4) is 0 Å². The van der Waals surface area contributed by atoms with E-state index in [4.69, 9.17) is 23.3 Å². The number of nitrogens with one attached hydrogen (secondary N) is 1. The third-order valence-corrected chi connectivity index (χ3v) is 4.84. The van der Waals surface area contributed by atoms with E-state index in [0.29, 0.717) is 0 Å². The first-order valence-electron chi connectivity index (χ1n) is 7.84. The molecule has 1 saturated heterocycles. The van der Waals surface area contributed by atoms with Gasteiger partial charge in [-0.1, -0.05) is 0 Å². The number of amides is 1. The second-order valence-corrected chi connectivity index (χ2v) is 6.51. The molecule has 1 fully saturated rings. The summed E-state index contributed by atoms with van der Waals surface area (Å²) in [6.45, 7) is 0.905. The summed E-state index contributed by atoms with van der Waals surface area (Å²) in [6.07, 6.45) is -3.40. The Hall–Kier alpha value is -0.440. The zero-order chi connectivity index (χ0) is 19.9. The van der Waals surface area contributed by atoms with Crippen LogP contribution >= 0.6 is 18.9 Å². The summed E-state index contributed by atoms with van der Waals surface area (Å²) in [7, 11) is 6.47. The molecule has 12 heteroatoms. The third kappa shape index (κ3) is 5.30. The summed E-state index contributed by atoms with van der Waals surface area (Å²) in [5.74, 6) is -3.69. The van der Waals surface area contributed by atoms with Crippen molar-refractivity contribution in [3.63, 3.8) is 0 Å². The number of hydrogen-bond donors (Lipinski definition) is 3. The minimum Gasteiger partial charge on any atom is -0.465 e. The molecule has 3 N–H and O–H groups in total. The zero-order valence-electron chi connectivity index (χ0n) is 14.9. The number of carbonyl (C=O) groups excluding carboxylic acids is 2. The maximum Gasteiger partial charge on any atom is 0.366 e. The summed E-state index contributed by atoms with van der Waals surface area (Å²) < 4.78 is 25.9. The van der Waals surface area contributed by atoms with Crippen LogP contribution in [0.4, 0.5) is 0 Å². The second-order valence-electron chi connectivity index (χ2n) is 5.90. The molecule has 10 nitrogen and oxygen atoms in total. The van der Waals surface area contributed by atoms with Crippen molar-refractivity contribution in [2.24, 2.45) is 5.92 Å². The Balaban J connectivity index is 3.29. The molecule has 0 aromatic carbocycles. The minimum absolute atomic E-state index is 0.00994. The van der Waals surface area contributed by atoms with Crippen LogP contribution in [0.15, 0.2) is 0 Å². The lowest BCUT2D eigenvalue weighted by molar-refractivity contribution is -0.300. The predicted octanol–water partition coefficient (Wildman–Crippen LogP) is -1.25. The largest absolute Gasteiger partial charge is 0.465 e. The summed E-state index contributed by atoms with van der Waals surface area (Å²) in [6, 6.07) is -0.799. The lowest BCUT2D eigenvalue weighted by Gasteiger charge is -2.48. The van der Waals surface area contributed by atoms with E-state index in [1.807, 2.05) is 18.9 Å². The molecule has 0 spiro atoms. The fraction of sp³-hybridized carbons (Fsp3) is 0.857. The fourth-order valence-corrected chi connectivity index (χ4v) is 3.43. The van der Waals surface area contributed by atoms with Crippen molar-refractivity contribution in [1.29, 1.82) is 0 Å². The summed E-state index contributed by atoms with van der Waals surface area (Å²) in [5.41, 5.74) is 0. The number of aliphatic hydroxyl groups is 2. The fourth-order valence-electron chi connectivity index (χ4n) is 3.00. The smallest absolute Gasteiger partial charge is 0.366 e. The molecule has 1 aliphatic rings. The van der Waals surface area contributed by atoms with Crippen LogP contribution in [-0.2, 0) is 32.8 Å². The van der Waals surface area contributed by atoms with Crippen molar-refractivity contribution in [3.05, 3.63) is 0 Å². The first-order chi connectivity index (χ1) is 12.3. The van der Waals surface area contributed by atoms with E-state index in [0.717, 1.165) is 0 Å². The lowest BCUT2D eigenvalue weighted by atomic mass is 9.82. The van der Waals surface area contributed by atoms with Gasteiger partial charge in [0.1, 0.15) is 18.3 Å². The maximum absolute atomic E-state index is 12.3. The van der Waals surface area contributed by atoms with Gasteiger partial charge in [-0.3, -0.25) is 4.79 Å². The standard InChI is InChI=1S/C14H27NO9P2/c1-7(17)15-10-8(5-16)4-14(21-3,13(19)20-2)23-12(10)11(18)9(24-26)6-22-25/h8-12,16,18H,4-6,25-26H2,1-3H3,(H,15,17)/t8-,9-,10-,11-,12-,14?/m1/s1. The Labute approximate surface area is 156 Å². The van der Waals surface area contributed by atoms with Crippen LogP contribution in [0.2, 0.25) is 0 Å². The number of hydrogen-bond acceptors (Lipinski definition) is 9. The van der Waals surface area contributed by atoms with E-state index in [2.05, 4.69) is 5.32 Å². The molecule has 0 aromatic rings. The number of ether oxygens (including phenoxy) is 3. The number of aliphatic hydroxyl groups excluding tert-OH is 2. The Kier molecular flexibility index (Phi) is 9.79. The van der Waals surface area contributed by atoms with Gasteiger partial charge in [0.2, 0.25) is 5.91 Å². The van der Waals surface area contributed by atoms with Gasteiger partial charge in [-0.2, -0.15) is 0 Å². The second kappa shape index (κ2) is 10.8. The average molecular weight is 415 g/mol. The van der Waals surface area contributed by atoms with Crippen LogP contribution in [0.25, 0.3) is 0 Å². The van der Waals surface area contributed by atoms with E-state index in [-0.39, 0.29) is 25.5 Å². The van der Waals surface area contributed by atoms with Gasteiger partial charge in [-0.15, -0.1) is 0 Å². The normalized spacial score (nSPS) is 31.1. The van der Waals surface area contributed by atoms with Gasteiger partial charge in [-0.05, 0) is 0 Å². The van der Waals surface area contributed by atoms with Crippen molar-refractivity contribution in [1.82, 2.24) is 5.32 Å². The van der Waals surface area contributed by atoms with Crippen molar-refractivity contribution in [3.8, 4) is 0 Å². The van der Waals surface area contributed by atoms with Crippen molar-refractivity contribution < 1.29 is 43.1 Å². The number of esters is 1. The SMILES string of the molecule is COC(=O)C1(OC)C[C@H](CO)[C@@H](NC(C)=O)[C@H]([C@H](O)[C@@H](COP)OP)O1. The number of methoxy groups -OCH3 is 2. The Morgan fingerprint density at radius 2 is 2.04 bits per heavy atom. The van der Waals surface area contributed by atoms with E-state index < -0.39 is 42.0 Å². The topological polar surface area (TPSA) is 133 Å². The lowest BCUT2D eigenvalue weighted by Crippen LogP contribution is -2.66. The monoisotopic (exact) mass is 415 g/mol. The molecular formula is C14H27NO9P2. The molecule has 0 aromatic heterocycles. The minimum atomic E-state index is -1.84. The summed E-state index contributed by atoms with van der Waals surface area (Å²) in [4.78, 5) is 23.9. The first kappa shape index (κ1) is 23.6. The van der Waals surface area contributed by atoms with Crippen LogP contribution in [0, 0.1) is 5.92 Å². The van der Waals surface area contributed by atoms with Gasteiger partial charge in [-0.25, -0.2) is 4.79 Å². The van der Waals surface area contributed by atoms with Crippen LogP contribution in [0.1, 0.15) is 13.3 Å². The Morgan fingerprint density at radius 1 is 1.38 bits per heavy atom. The van der Waals surface area contributed by atoms with Gasteiger partial charge in [0.05, 0.1) is 19.8 Å². The Morgan fingerprint density at radius 3 is 2.46 bits per heavy atom. The van der Waals surface area contributed by atoms with E-state index >= 15 is 0 Å². The Bertz CT molecular complexity index is 483. The molecule has 1 aliphatic heterocycles. The van der Waals surface area contributed by atoms with Crippen LogP contribution in [0.5, 0.6) is 0 Å². The van der Waals surface area contributed by atoms with Gasteiger partial charge in [0, 0.05) is 51.9 Å². The molecule has 0 saturated carbocycles. The van der Waals surface area contributed by atoms with Crippen molar-refractivity contribution in [2.75, 3.05) is 27.4 Å². The van der Waals surface area contributed by atoms with E-state index in [9.17, 15) is 19.8 Å². The van der Waals surface area contributed by atoms with E-state index in [1.54, 1.807) is 0 Å². The first-order valence-corrected chi connectivity index (χ1v) is 8.79. The van der Waals surface area contributed by atoms with Gasteiger partial charge >= 0.3 is 5.97 Å². The highest BCUT2D eigenvalue weighted by Gasteiger charge is 2.55. The third-order valence-electron chi connectivity index (χ3n) is 4.30. The average Bonchev–Trinajstić information content (AvgIpc) is 2.64. The number of rotatable bonds is 9. The number of carbonyl (C=O) groups is 2. The van der Waals surface area contributed by atoms with Crippen LogP contribution < -0.4 is 5.32 Å². The molecule has 1 rings (SSSR count). The van der Waals surface area contributed by atoms with Gasteiger partial charge in [0.15, 0.2) is 0 Å². The van der Waals surface area contributed by atoms with Gasteiger partial charge < -0.3 is 38.8 Å². The summed E-state index contributed by atoms with van der Waals surface area (Å²) in [5, 5.41) is 23.2. The molecule has 0 bridgehead atoms. The zero-order valence-corrected chi connectivity index (χ0v) is 17.2. The molecule has 26 heavy (non-hydrogen) atoms. The molecule has 152 valence electrons. The molecule has 8 atom stereocenters. The highest BCUT2D eigenvalue weighted by Crippen LogP contribution is 2.37. The molecule has 1 amide bonds. The molecule has 1 heterocycles. The molecule has 3 unspecified atom stereocenters. The van der Waals surface area contributed by atoms with E-state index in [1.165, 1.54) is 21.1 Å². The molecular weight excluding hydrogens is 388 g/mol. The quantitative estimate of drug-likeness (QED) is 0.312. The maximum atomic E-state index is 12.3. The van der Waals surface area contributed by atoms with Crippen LogP contribution in [-0.4, -0.2) is 79.7 Å². The molecule has 0 radical (unpaired) electrons. The highest BCUT2D eigenvalue weighted by atomic mass is 31.0. The van der Waals surface area contributed by atoms with Crippen molar-refractivity contribution >= 4 is 30.8 Å². The van der Waals surface area contributed by atoms with Crippen molar-refractivity contribution in [2.45, 2.75) is 43.5 Å².